The van der Waals surface area contributed by atoms with Crippen molar-refractivity contribution in [3.63, 3.8) is 0 Å². The molecule has 1 aromatic carbocycles. The average molecular weight is 355 g/mol. The van der Waals surface area contributed by atoms with Crippen LogP contribution in [0.5, 0.6) is 0 Å². The Morgan fingerprint density at radius 2 is 2.00 bits per heavy atom. The van der Waals surface area contributed by atoms with Gasteiger partial charge in [-0.3, -0.25) is 4.79 Å². The van der Waals surface area contributed by atoms with Gasteiger partial charge in [0.05, 0.1) is 12.2 Å². The first kappa shape index (κ1) is 16.3. The first-order valence-electron chi connectivity index (χ1n) is 7.33. The monoisotopic (exact) mass is 354 g/mol. The second kappa shape index (κ2) is 6.79. The molecule has 1 heterocycles. The molecule has 0 aromatic heterocycles. The number of amides is 1. The Hall–Kier alpha value is -1.07. The van der Waals surface area contributed by atoms with Crippen LogP contribution in [0.1, 0.15) is 26.3 Å². The molecule has 1 aliphatic heterocycles. The predicted octanol–water partition coefficient (Wildman–Crippen LogP) is 3.19. The van der Waals surface area contributed by atoms with Crippen LogP contribution >= 0.6 is 15.9 Å². The minimum Gasteiger partial charge on any atom is -0.374 e. The van der Waals surface area contributed by atoms with Crippen molar-refractivity contribution in [2.24, 2.45) is 0 Å². The summed E-state index contributed by atoms with van der Waals surface area (Å²) in [7, 11) is 0. The molecule has 1 N–H and O–H groups in total. The molecule has 0 bridgehead atoms. The Labute approximate surface area is 135 Å². The van der Waals surface area contributed by atoms with Crippen LogP contribution < -0.4 is 5.32 Å². The third-order valence-electron chi connectivity index (χ3n) is 3.64. The number of anilines is 1. The number of ether oxygens (including phenoxy) is 1. The van der Waals surface area contributed by atoms with Crippen LogP contribution in [0.3, 0.4) is 0 Å². The normalized spacial score (nSPS) is 23.8. The van der Waals surface area contributed by atoms with E-state index in [2.05, 4.69) is 21.2 Å². The number of hydrogen-bond donors (Lipinski definition) is 1. The van der Waals surface area contributed by atoms with Crippen molar-refractivity contribution in [1.82, 2.24) is 4.90 Å². The second-order valence-electron chi connectivity index (χ2n) is 5.83. The molecule has 116 valence electrons. The van der Waals surface area contributed by atoms with Crippen molar-refractivity contribution in [3.05, 3.63) is 28.2 Å². The zero-order valence-corrected chi connectivity index (χ0v) is 14.6. The fraction of sp³-hybridized carbons (Fsp3) is 0.562. The number of aryl methyl sites for hydroxylation is 1. The number of carbonyl (C=O) groups excluding carboxylic acids is 1. The van der Waals surface area contributed by atoms with Gasteiger partial charge in [-0.05, 0) is 51.5 Å². The molecule has 1 amide bonds. The summed E-state index contributed by atoms with van der Waals surface area (Å²) >= 11 is 3.48. The number of morpholine rings is 1. The topological polar surface area (TPSA) is 41.6 Å². The van der Waals surface area contributed by atoms with Crippen molar-refractivity contribution in [3.8, 4) is 0 Å². The van der Waals surface area contributed by atoms with Crippen molar-refractivity contribution in [1.29, 1.82) is 0 Å². The van der Waals surface area contributed by atoms with E-state index in [9.17, 15) is 4.79 Å². The summed E-state index contributed by atoms with van der Waals surface area (Å²) < 4.78 is 6.75. The molecule has 21 heavy (non-hydrogen) atoms. The molecule has 4 nitrogen and oxygen atoms in total. The molecular weight excluding hydrogens is 332 g/mol. The first-order chi connectivity index (χ1) is 9.86. The highest BCUT2D eigenvalue weighted by molar-refractivity contribution is 9.10. The van der Waals surface area contributed by atoms with E-state index in [1.807, 2.05) is 50.8 Å². The molecule has 0 saturated carbocycles. The number of nitrogens with one attached hydrogen (secondary N) is 1. The molecule has 0 aliphatic carbocycles. The van der Waals surface area contributed by atoms with Crippen LogP contribution in [0.15, 0.2) is 22.7 Å². The van der Waals surface area contributed by atoms with Crippen LogP contribution in [0, 0.1) is 6.92 Å². The molecule has 5 heteroatoms. The summed E-state index contributed by atoms with van der Waals surface area (Å²) in [6, 6.07) is 5.76. The summed E-state index contributed by atoms with van der Waals surface area (Å²) in [6.45, 7) is 9.28. The molecule has 1 aliphatic rings. The number of nitrogens with zero attached hydrogens (tertiary/aromatic N) is 1. The van der Waals surface area contributed by atoms with Crippen LogP contribution in [0.2, 0.25) is 0 Å². The Kier molecular flexibility index (Phi) is 5.27. The number of carbonyl (C=O) groups is 1. The third kappa shape index (κ3) is 4.20. The number of halogens is 1. The molecule has 1 aromatic rings. The Morgan fingerprint density at radius 3 is 2.57 bits per heavy atom. The fourth-order valence-electron chi connectivity index (χ4n) is 2.68. The highest BCUT2D eigenvalue weighted by Gasteiger charge is 2.28. The van der Waals surface area contributed by atoms with Gasteiger partial charge in [-0.1, -0.05) is 15.9 Å². The molecule has 1 saturated heterocycles. The highest BCUT2D eigenvalue weighted by atomic mass is 79.9. The second-order valence-corrected chi connectivity index (χ2v) is 6.68. The maximum absolute atomic E-state index is 12.5. The maximum Gasteiger partial charge on any atom is 0.244 e. The van der Waals surface area contributed by atoms with Crippen LogP contribution in [0.4, 0.5) is 5.69 Å². The van der Waals surface area contributed by atoms with Crippen LogP contribution in [-0.4, -0.2) is 42.1 Å². The lowest BCUT2D eigenvalue weighted by molar-refractivity contribution is -0.143. The maximum atomic E-state index is 12.5. The molecule has 0 unspecified atom stereocenters. The van der Waals surface area contributed by atoms with E-state index in [1.165, 1.54) is 0 Å². The molecule has 1 fully saturated rings. The molecule has 0 spiro atoms. The van der Waals surface area contributed by atoms with Crippen LogP contribution in [0.25, 0.3) is 0 Å². The molecule has 0 radical (unpaired) electrons. The third-order valence-corrected chi connectivity index (χ3v) is 4.53. The largest absolute Gasteiger partial charge is 0.374 e. The van der Waals surface area contributed by atoms with Gasteiger partial charge in [-0.15, -0.1) is 0 Å². The lowest BCUT2D eigenvalue weighted by Crippen LogP contribution is -2.52. The lowest BCUT2D eigenvalue weighted by atomic mass is 10.1. The Bertz CT molecular complexity index is 511. The van der Waals surface area contributed by atoms with Gasteiger partial charge >= 0.3 is 0 Å². The quantitative estimate of drug-likeness (QED) is 0.906. The van der Waals surface area contributed by atoms with E-state index in [4.69, 9.17) is 4.74 Å². The SMILES string of the molecule is Cc1cc(N[C@@H](C)C(=O)N2C[C@@H](C)O[C@@H](C)C2)ccc1Br. The first-order valence-corrected chi connectivity index (χ1v) is 8.13. The van der Waals surface area contributed by atoms with E-state index < -0.39 is 0 Å². The lowest BCUT2D eigenvalue weighted by Gasteiger charge is -2.36. The van der Waals surface area contributed by atoms with Gasteiger partial charge < -0.3 is 15.0 Å². The standard InChI is InChI=1S/C16H23BrN2O2/c1-10-7-14(5-6-15(10)17)18-13(4)16(20)19-8-11(2)21-12(3)9-19/h5-7,11-13,18H,8-9H2,1-4H3/t11-,12+,13-/m0/s1. The average Bonchev–Trinajstić information content (AvgIpc) is 2.41. The fourth-order valence-corrected chi connectivity index (χ4v) is 2.92. The van der Waals surface area contributed by atoms with Gasteiger partial charge in [0.1, 0.15) is 6.04 Å². The van der Waals surface area contributed by atoms with E-state index in [0.717, 1.165) is 15.7 Å². The Morgan fingerprint density at radius 1 is 1.38 bits per heavy atom. The van der Waals surface area contributed by atoms with E-state index in [-0.39, 0.29) is 24.2 Å². The summed E-state index contributed by atoms with van der Waals surface area (Å²) in [5.41, 5.74) is 2.11. The van der Waals surface area contributed by atoms with Crippen LogP contribution in [-0.2, 0) is 9.53 Å². The van der Waals surface area contributed by atoms with Gasteiger partial charge in [0.25, 0.3) is 0 Å². The van der Waals surface area contributed by atoms with Crippen molar-refractivity contribution < 1.29 is 9.53 Å². The summed E-state index contributed by atoms with van der Waals surface area (Å²) in [5, 5.41) is 3.28. The van der Waals surface area contributed by atoms with Gasteiger partial charge in [-0.2, -0.15) is 0 Å². The van der Waals surface area contributed by atoms with Gasteiger partial charge in [-0.25, -0.2) is 0 Å². The zero-order chi connectivity index (χ0) is 15.6. The van der Waals surface area contributed by atoms with Crippen molar-refractivity contribution in [2.45, 2.75) is 45.9 Å². The van der Waals surface area contributed by atoms with Gasteiger partial charge in [0, 0.05) is 23.2 Å². The Balaban J connectivity index is 2.00. The highest BCUT2D eigenvalue weighted by Crippen LogP contribution is 2.21. The zero-order valence-electron chi connectivity index (χ0n) is 13.0. The van der Waals surface area contributed by atoms with E-state index in [1.54, 1.807) is 0 Å². The number of benzene rings is 1. The molecule has 3 atom stereocenters. The smallest absolute Gasteiger partial charge is 0.244 e. The summed E-state index contributed by atoms with van der Waals surface area (Å²) in [4.78, 5) is 14.4. The number of rotatable bonds is 3. The molecular formula is C16H23BrN2O2. The van der Waals surface area contributed by atoms with Gasteiger partial charge in [0.2, 0.25) is 5.91 Å². The van der Waals surface area contributed by atoms with Gasteiger partial charge in [0.15, 0.2) is 0 Å². The number of hydrogen-bond acceptors (Lipinski definition) is 3. The molecule has 2 rings (SSSR count). The predicted molar refractivity (Wildman–Crippen MR) is 88.6 cm³/mol. The van der Waals surface area contributed by atoms with E-state index in [0.29, 0.717) is 13.1 Å². The summed E-state index contributed by atoms with van der Waals surface area (Å²) in [5.74, 6) is 0.123. The van der Waals surface area contributed by atoms with Crippen molar-refractivity contribution >= 4 is 27.5 Å². The van der Waals surface area contributed by atoms with Crippen molar-refractivity contribution in [2.75, 3.05) is 18.4 Å². The summed E-state index contributed by atoms with van der Waals surface area (Å²) in [6.07, 6.45) is 0.194. The minimum absolute atomic E-state index is 0.0971. The minimum atomic E-state index is -0.247. The van der Waals surface area contributed by atoms with E-state index >= 15 is 0 Å².